The molecule has 0 saturated heterocycles. The number of thiophene rings is 1. The van der Waals surface area contributed by atoms with E-state index in [0.29, 0.717) is 4.70 Å². The quantitative estimate of drug-likeness (QED) is 0.497. The van der Waals surface area contributed by atoms with E-state index in [-0.39, 0.29) is 10.6 Å². The normalized spacial score (nSPS) is 10.3. The topological polar surface area (TPSA) is 43.1 Å². The summed E-state index contributed by atoms with van der Waals surface area (Å²) in [7, 11) is 0. The zero-order valence-electron chi connectivity index (χ0n) is 5.98. The Hall–Kier alpha value is -1.42. The van der Waals surface area contributed by atoms with Crippen LogP contribution in [0.3, 0.4) is 0 Å². The van der Waals surface area contributed by atoms with Crippen molar-refractivity contribution in [2.75, 3.05) is 0 Å². The maximum absolute atomic E-state index is 10.5. The first kappa shape index (κ1) is 7.24. The Bertz CT molecular complexity index is 435. The summed E-state index contributed by atoms with van der Waals surface area (Å²) >= 11 is 1.35. The summed E-state index contributed by atoms with van der Waals surface area (Å²) in [5.74, 6) is 0. The lowest BCUT2D eigenvalue weighted by Crippen LogP contribution is -1.86. The van der Waals surface area contributed by atoms with Gasteiger partial charge in [-0.2, -0.15) is 0 Å². The second-order valence-corrected chi connectivity index (χ2v) is 3.17. The van der Waals surface area contributed by atoms with Crippen molar-refractivity contribution >= 4 is 27.1 Å². The summed E-state index contributed by atoms with van der Waals surface area (Å²) in [4.78, 5) is 10.1. The summed E-state index contributed by atoms with van der Waals surface area (Å²) in [6, 6.07) is 7.92. The third-order valence-electron chi connectivity index (χ3n) is 1.58. The molecule has 4 heteroatoms. The van der Waals surface area contributed by atoms with Crippen LogP contribution in [0, 0.1) is 16.2 Å². The molecule has 1 radical (unpaired) electrons. The average Bonchev–Trinajstić information content (AvgIpc) is 2.49. The molecule has 0 aliphatic rings. The molecule has 1 aromatic carbocycles. The molecule has 0 aliphatic carbocycles. The van der Waals surface area contributed by atoms with E-state index in [1.54, 1.807) is 11.4 Å². The molecule has 0 aliphatic heterocycles. The highest BCUT2D eigenvalue weighted by atomic mass is 32.1. The standard InChI is InChI=1S/C8H4NO2S/c10-9(11)7-3-1-2-6-4-5-12-8(6)7/h1-3,5H. The number of nitrogens with zero attached hydrogens (tertiary/aromatic N) is 1. The lowest BCUT2D eigenvalue weighted by atomic mass is 10.2. The summed E-state index contributed by atoms with van der Waals surface area (Å²) in [6.45, 7) is 0. The summed E-state index contributed by atoms with van der Waals surface area (Å²) < 4.78 is 0.697. The second kappa shape index (κ2) is 2.57. The van der Waals surface area contributed by atoms with Gasteiger partial charge in [-0.15, -0.1) is 11.3 Å². The van der Waals surface area contributed by atoms with E-state index in [9.17, 15) is 10.1 Å². The average molecular weight is 178 g/mol. The molecule has 0 unspecified atom stereocenters. The fourth-order valence-corrected chi connectivity index (χ4v) is 1.88. The maximum Gasteiger partial charge on any atom is 0.287 e. The van der Waals surface area contributed by atoms with Gasteiger partial charge >= 0.3 is 0 Å². The fourth-order valence-electron chi connectivity index (χ4n) is 1.06. The molecule has 0 amide bonds. The molecule has 0 bridgehead atoms. The largest absolute Gasteiger partial charge is 0.287 e. The Morgan fingerprint density at radius 2 is 2.33 bits per heavy atom. The first-order valence-corrected chi connectivity index (χ1v) is 4.19. The fraction of sp³-hybridized carbons (Fsp3) is 0. The molecule has 12 heavy (non-hydrogen) atoms. The molecule has 0 spiro atoms. The molecule has 2 rings (SSSR count). The van der Waals surface area contributed by atoms with Gasteiger partial charge in [0.25, 0.3) is 5.69 Å². The van der Waals surface area contributed by atoms with Crippen LogP contribution in [0.1, 0.15) is 0 Å². The van der Waals surface area contributed by atoms with Crippen molar-refractivity contribution in [1.82, 2.24) is 0 Å². The third kappa shape index (κ3) is 0.967. The van der Waals surface area contributed by atoms with Crippen molar-refractivity contribution in [3.05, 3.63) is 39.8 Å². The molecule has 2 aromatic rings. The second-order valence-electron chi connectivity index (χ2n) is 2.29. The number of hydrogen-bond acceptors (Lipinski definition) is 3. The van der Waals surface area contributed by atoms with E-state index in [1.807, 2.05) is 6.07 Å². The van der Waals surface area contributed by atoms with E-state index in [1.165, 1.54) is 17.4 Å². The van der Waals surface area contributed by atoms with Crippen LogP contribution in [0.4, 0.5) is 5.69 Å². The summed E-state index contributed by atoms with van der Waals surface area (Å²) in [5, 5.41) is 13.1. The maximum atomic E-state index is 10.5. The lowest BCUT2D eigenvalue weighted by molar-refractivity contribution is -0.382. The lowest BCUT2D eigenvalue weighted by Gasteiger charge is -1.90. The monoisotopic (exact) mass is 178 g/mol. The highest BCUT2D eigenvalue weighted by Crippen LogP contribution is 2.29. The van der Waals surface area contributed by atoms with Crippen molar-refractivity contribution in [3.63, 3.8) is 0 Å². The SMILES string of the molecule is O=[N+]([O-])c1cccc2[c]csc12. The highest BCUT2D eigenvalue weighted by molar-refractivity contribution is 7.17. The zero-order chi connectivity index (χ0) is 8.55. The number of fused-ring (bicyclic) bond motifs is 1. The van der Waals surface area contributed by atoms with Gasteiger partial charge in [-0.25, -0.2) is 0 Å². The molecular weight excluding hydrogens is 174 g/mol. The smallest absolute Gasteiger partial charge is 0.258 e. The van der Waals surface area contributed by atoms with Crippen LogP contribution in [-0.4, -0.2) is 4.92 Å². The summed E-state index contributed by atoms with van der Waals surface area (Å²) in [6.07, 6.45) is 0. The number of hydrogen-bond donors (Lipinski definition) is 0. The van der Waals surface area contributed by atoms with E-state index < -0.39 is 0 Å². The minimum absolute atomic E-state index is 0.166. The van der Waals surface area contributed by atoms with Crippen LogP contribution < -0.4 is 0 Å². The molecule has 0 atom stereocenters. The Labute approximate surface area is 72.4 Å². The van der Waals surface area contributed by atoms with Gasteiger partial charge in [0.15, 0.2) is 0 Å². The Balaban J connectivity index is 2.82. The number of nitro groups is 1. The Morgan fingerprint density at radius 1 is 1.50 bits per heavy atom. The van der Waals surface area contributed by atoms with Crippen molar-refractivity contribution in [2.45, 2.75) is 0 Å². The molecular formula is C8H4NO2S. The van der Waals surface area contributed by atoms with E-state index >= 15 is 0 Å². The van der Waals surface area contributed by atoms with Crippen LogP contribution in [0.2, 0.25) is 0 Å². The van der Waals surface area contributed by atoms with Gasteiger partial charge in [0, 0.05) is 22.9 Å². The van der Waals surface area contributed by atoms with Gasteiger partial charge < -0.3 is 0 Å². The number of benzene rings is 1. The molecule has 0 N–H and O–H groups in total. The van der Waals surface area contributed by atoms with E-state index in [4.69, 9.17) is 0 Å². The van der Waals surface area contributed by atoms with Gasteiger partial charge in [-0.1, -0.05) is 12.1 Å². The molecule has 3 nitrogen and oxygen atoms in total. The molecule has 0 fully saturated rings. The van der Waals surface area contributed by atoms with E-state index in [0.717, 1.165) is 5.39 Å². The predicted molar refractivity (Wildman–Crippen MR) is 47.3 cm³/mol. The summed E-state index contributed by atoms with van der Waals surface area (Å²) in [5.41, 5.74) is 0.166. The van der Waals surface area contributed by atoms with Crippen molar-refractivity contribution in [2.24, 2.45) is 0 Å². The van der Waals surface area contributed by atoms with Gasteiger partial charge in [-0.3, -0.25) is 10.1 Å². The predicted octanol–water partition coefficient (Wildman–Crippen LogP) is 2.61. The number of rotatable bonds is 1. The van der Waals surface area contributed by atoms with Crippen LogP contribution in [0.5, 0.6) is 0 Å². The van der Waals surface area contributed by atoms with Crippen LogP contribution in [0.25, 0.3) is 10.1 Å². The molecule has 1 aromatic heterocycles. The minimum atomic E-state index is -0.368. The van der Waals surface area contributed by atoms with Crippen molar-refractivity contribution in [1.29, 1.82) is 0 Å². The molecule has 1 heterocycles. The van der Waals surface area contributed by atoms with Gasteiger partial charge in [0.2, 0.25) is 0 Å². The number of nitro benzene ring substituents is 1. The number of non-ortho nitro benzene ring substituents is 1. The molecule has 59 valence electrons. The first-order chi connectivity index (χ1) is 5.79. The third-order valence-corrected chi connectivity index (χ3v) is 2.48. The van der Waals surface area contributed by atoms with Gasteiger partial charge in [-0.05, 0) is 0 Å². The Kier molecular flexibility index (Phi) is 1.55. The van der Waals surface area contributed by atoms with Gasteiger partial charge in [0.05, 0.1) is 4.92 Å². The van der Waals surface area contributed by atoms with Crippen molar-refractivity contribution < 1.29 is 4.92 Å². The minimum Gasteiger partial charge on any atom is -0.258 e. The van der Waals surface area contributed by atoms with Crippen LogP contribution >= 0.6 is 11.3 Å². The highest BCUT2D eigenvalue weighted by Gasteiger charge is 2.11. The van der Waals surface area contributed by atoms with E-state index in [2.05, 4.69) is 6.07 Å². The zero-order valence-corrected chi connectivity index (χ0v) is 6.80. The van der Waals surface area contributed by atoms with Crippen molar-refractivity contribution in [3.8, 4) is 0 Å². The first-order valence-electron chi connectivity index (χ1n) is 3.31. The molecule has 0 saturated carbocycles. The van der Waals surface area contributed by atoms with Crippen LogP contribution in [0.15, 0.2) is 23.6 Å². The van der Waals surface area contributed by atoms with Crippen LogP contribution in [-0.2, 0) is 0 Å². The Morgan fingerprint density at radius 3 is 3.08 bits per heavy atom. The van der Waals surface area contributed by atoms with Gasteiger partial charge in [0.1, 0.15) is 4.70 Å².